The molecule has 0 bridgehead atoms. The SMILES string of the molecule is O=P(O)(O)O.[CH-]=C.[Na+]. The van der Waals surface area contributed by atoms with Crippen LogP contribution >= 0.6 is 7.82 Å². The van der Waals surface area contributed by atoms with Crippen molar-refractivity contribution in [1.29, 1.82) is 0 Å². The van der Waals surface area contributed by atoms with Crippen LogP contribution in [0.1, 0.15) is 0 Å². The summed E-state index contributed by atoms with van der Waals surface area (Å²) in [5.41, 5.74) is 0. The molecule has 0 aromatic carbocycles. The van der Waals surface area contributed by atoms with Gasteiger partial charge in [0.25, 0.3) is 0 Å². The van der Waals surface area contributed by atoms with Crippen LogP contribution in [0.25, 0.3) is 0 Å². The number of hydrogen-bond acceptors (Lipinski definition) is 1. The van der Waals surface area contributed by atoms with Gasteiger partial charge in [0.2, 0.25) is 0 Å². The van der Waals surface area contributed by atoms with Gasteiger partial charge in [-0.15, -0.1) is 0 Å². The van der Waals surface area contributed by atoms with Crippen LogP contribution in [0, 0.1) is 6.58 Å². The zero-order valence-corrected chi connectivity index (χ0v) is 7.38. The molecule has 0 aromatic rings. The molecule has 0 aromatic heterocycles. The van der Waals surface area contributed by atoms with E-state index in [1.807, 2.05) is 0 Å². The minimum Gasteiger partial charge on any atom is -0.521 e. The molecule has 0 aliphatic rings. The molecule has 0 heterocycles. The topological polar surface area (TPSA) is 77.8 Å². The second kappa shape index (κ2) is 7.85. The van der Waals surface area contributed by atoms with Crippen molar-refractivity contribution in [3.8, 4) is 0 Å². The van der Waals surface area contributed by atoms with Gasteiger partial charge in [-0.25, -0.2) is 4.57 Å². The summed E-state index contributed by atoms with van der Waals surface area (Å²) in [5.74, 6) is 0. The van der Waals surface area contributed by atoms with Gasteiger partial charge in [-0.1, -0.05) is 0 Å². The second-order valence-electron chi connectivity index (χ2n) is 0.513. The predicted molar refractivity (Wildman–Crippen MR) is 24.2 cm³/mol. The molecule has 0 amide bonds. The number of phosphoric acid groups is 1. The molecule has 0 atom stereocenters. The second-order valence-corrected chi connectivity index (χ2v) is 1.54. The first-order valence-electron chi connectivity index (χ1n) is 1.19. The number of rotatable bonds is 0. The Bertz CT molecular complexity index is 69.8. The summed E-state index contributed by atoms with van der Waals surface area (Å²) in [4.78, 5) is 21.6. The Morgan fingerprint density at radius 1 is 1.25 bits per heavy atom. The Balaban J connectivity index is -0.0000000750. The summed E-state index contributed by atoms with van der Waals surface area (Å²) in [6, 6.07) is 0. The smallest absolute Gasteiger partial charge is 0.521 e. The minimum atomic E-state index is -4.64. The van der Waals surface area contributed by atoms with Gasteiger partial charge in [0, 0.05) is 0 Å². The minimum absolute atomic E-state index is 0. The van der Waals surface area contributed by atoms with Crippen molar-refractivity contribution >= 4 is 7.82 Å². The maximum atomic E-state index is 8.88. The van der Waals surface area contributed by atoms with Crippen LogP contribution in [0.2, 0.25) is 0 Å². The van der Waals surface area contributed by atoms with Crippen LogP contribution in [0.15, 0.2) is 6.58 Å². The molecule has 6 heteroatoms. The van der Waals surface area contributed by atoms with Crippen LogP contribution in [0.3, 0.4) is 0 Å². The van der Waals surface area contributed by atoms with E-state index in [-0.39, 0.29) is 29.6 Å². The average Bonchev–Trinajstić information content (AvgIpc) is 1.36. The standard InChI is InChI=1S/C2H3.Na.H3O4P/c1-2;;1-5(2,3)4/h1H,2H2;;(H3,1,2,3,4)/q-1;+1;. The van der Waals surface area contributed by atoms with Crippen LogP contribution in [-0.4, -0.2) is 14.7 Å². The van der Waals surface area contributed by atoms with E-state index in [4.69, 9.17) is 19.2 Å². The molecule has 8 heavy (non-hydrogen) atoms. The predicted octanol–water partition coefficient (Wildman–Crippen LogP) is -3.32. The first-order chi connectivity index (χ1) is 3.00. The first kappa shape index (κ1) is 15.9. The summed E-state index contributed by atoms with van der Waals surface area (Å²) in [6.45, 7) is 7.00. The first-order valence-corrected chi connectivity index (χ1v) is 2.76. The molecule has 0 aliphatic carbocycles. The monoisotopic (exact) mass is 148 g/mol. The van der Waals surface area contributed by atoms with Crippen LogP contribution in [0.5, 0.6) is 0 Å². The van der Waals surface area contributed by atoms with E-state index in [9.17, 15) is 0 Å². The van der Waals surface area contributed by atoms with Crippen molar-refractivity contribution in [3.63, 3.8) is 0 Å². The fourth-order valence-corrected chi connectivity index (χ4v) is 0. The van der Waals surface area contributed by atoms with E-state index in [1.54, 1.807) is 0 Å². The molecule has 3 N–H and O–H groups in total. The zero-order chi connectivity index (χ0) is 6.50. The molecule has 0 fully saturated rings. The van der Waals surface area contributed by atoms with Gasteiger partial charge in [0.05, 0.1) is 0 Å². The Morgan fingerprint density at radius 3 is 1.25 bits per heavy atom. The summed E-state index contributed by atoms with van der Waals surface area (Å²) >= 11 is 0. The molecule has 44 valence electrons. The van der Waals surface area contributed by atoms with Crippen molar-refractivity contribution in [3.05, 3.63) is 13.2 Å². The van der Waals surface area contributed by atoms with Crippen molar-refractivity contribution < 1.29 is 48.8 Å². The molecular weight excluding hydrogens is 142 g/mol. The van der Waals surface area contributed by atoms with E-state index in [1.165, 1.54) is 0 Å². The van der Waals surface area contributed by atoms with E-state index in [0.29, 0.717) is 0 Å². The maximum absolute atomic E-state index is 8.88. The normalized spacial score (nSPS) is 7.88. The van der Waals surface area contributed by atoms with Gasteiger partial charge in [-0.2, -0.15) is 0 Å². The molecule has 0 radical (unpaired) electrons. The molecule has 4 nitrogen and oxygen atoms in total. The van der Waals surface area contributed by atoms with Gasteiger partial charge in [0.15, 0.2) is 0 Å². The van der Waals surface area contributed by atoms with Crippen LogP contribution in [-0.2, 0) is 4.57 Å². The quantitative estimate of drug-likeness (QED) is 0.191. The van der Waals surface area contributed by atoms with Crippen LogP contribution < -0.4 is 29.6 Å². The van der Waals surface area contributed by atoms with Crippen molar-refractivity contribution in [1.82, 2.24) is 0 Å². The average molecular weight is 148 g/mol. The van der Waals surface area contributed by atoms with Gasteiger partial charge in [0.1, 0.15) is 0 Å². The summed E-state index contributed by atoms with van der Waals surface area (Å²) < 4.78 is 8.88. The van der Waals surface area contributed by atoms with E-state index in [2.05, 4.69) is 13.2 Å². The van der Waals surface area contributed by atoms with Gasteiger partial charge < -0.3 is 21.3 Å². The largest absolute Gasteiger partial charge is 1.00 e. The molecule has 0 saturated carbocycles. The van der Waals surface area contributed by atoms with E-state index < -0.39 is 7.82 Å². The van der Waals surface area contributed by atoms with Gasteiger partial charge in [-0.3, -0.25) is 6.58 Å². The van der Waals surface area contributed by atoms with Crippen molar-refractivity contribution in [2.24, 2.45) is 0 Å². The Kier molecular flexibility index (Phi) is 15.6. The molecule has 0 rings (SSSR count). The molecular formula is C2H6NaO4P. The maximum Gasteiger partial charge on any atom is 1.00 e. The Labute approximate surface area is 69.8 Å². The fraction of sp³-hybridized carbons (Fsp3) is 0. The fourth-order valence-electron chi connectivity index (χ4n) is 0. The third-order valence-electron chi connectivity index (χ3n) is 0. The van der Waals surface area contributed by atoms with Crippen LogP contribution in [0.4, 0.5) is 0 Å². The molecule has 0 unspecified atom stereocenters. The van der Waals surface area contributed by atoms with Crippen molar-refractivity contribution in [2.75, 3.05) is 0 Å². The zero-order valence-electron chi connectivity index (χ0n) is 4.48. The van der Waals surface area contributed by atoms with E-state index >= 15 is 0 Å². The van der Waals surface area contributed by atoms with Gasteiger partial charge >= 0.3 is 37.4 Å². The third kappa shape index (κ3) is 324. The van der Waals surface area contributed by atoms with Gasteiger partial charge in [-0.05, 0) is 0 Å². The Morgan fingerprint density at radius 2 is 1.25 bits per heavy atom. The Hall–Kier alpha value is 0.850. The third-order valence-corrected chi connectivity index (χ3v) is 0. The molecule has 0 aliphatic heterocycles. The molecule has 0 spiro atoms. The number of hydrogen-bond donors (Lipinski definition) is 3. The summed E-state index contributed by atoms with van der Waals surface area (Å²) in [6.07, 6.45) is 0. The summed E-state index contributed by atoms with van der Waals surface area (Å²) in [5, 5.41) is 0. The molecule has 0 saturated heterocycles. The van der Waals surface area contributed by atoms with E-state index in [0.717, 1.165) is 0 Å². The van der Waals surface area contributed by atoms with Crippen molar-refractivity contribution in [2.45, 2.75) is 0 Å². The summed E-state index contributed by atoms with van der Waals surface area (Å²) in [7, 11) is -4.64.